The third kappa shape index (κ3) is 0.886. The van der Waals surface area contributed by atoms with Gasteiger partial charge in [-0.05, 0) is 19.1 Å². The smallest absolute Gasteiger partial charge is 0.146 e. The molecule has 2 rings (SSSR count). The zero-order valence-corrected chi connectivity index (χ0v) is 6.52. The molecule has 0 aliphatic carbocycles. The van der Waals surface area contributed by atoms with Gasteiger partial charge in [0.25, 0.3) is 0 Å². The van der Waals surface area contributed by atoms with Crippen molar-refractivity contribution in [3.63, 3.8) is 0 Å². The quantitative estimate of drug-likeness (QED) is 0.565. The van der Waals surface area contributed by atoms with Crippen LogP contribution in [0.3, 0.4) is 0 Å². The van der Waals surface area contributed by atoms with Crippen molar-refractivity contribution in [1.82, 2.24) is 0 Å². The number of thioether (sulfide) groups is 1. The highest BCUT2D eigenvalue weighted by Crippen LogP contribution is 2.39. The lowest BCUT2D eigenvalue weighted by Gasteiger charge is -1.99. The predicted octanol–water partition coefficient (Wildman–Crippen LogP) is 2.52. The Hall–Kier alpha value is -0.630. The van der Waals surface area contributed by atoms with Crippen LogP contribution in [0.15, 0.2) is 29.2 Å². The topological polar surface area (TPSA) is 9.23 Å². The summed E-state index contributed by atoms with van der Waals surface area (Å²) in [6.45, 7) is 2.06. The Bertz CT molecular complexity index is 222. The summed E-state index contributed by atoms with van der Waals surface area (Å²) in [7, 11) is 0. The van der Waals surface area contributed by atoms with Crippen molar-refractivity contribution in [1.29, 1.82) is 0 Å². The summed E-state index contributed by atoms with van der Waals surface area (Å²) in [4.78, 5) is 1.26. The third-order valence-corrected chi connectivity index (χ3v) is 2.45. The number of rotatable bonds is 0. The number of para-hydroxylation sites is 1. The van der Waals surface area contributed by atoms with Gasteiger partial charge in [0.15, 0.2) is 0 Å². The van der Waals surface area contributed by atoms with Crippen LogP contribution in [-0.4, -0.2) is 5.44 Å². The van der Waals surface area contributed by atoms with Crippen molar-refractivity contribution in [3.05, 3.63) is 24.3 Å². The predicted molar refractivity (Wildman–Crippen MR) is 42.4 cm³/mol. The van der Waals surface area contributed by atoms with Crippen LogP contribution >= 0.6 is 11.8 Å². The van der Waals surface area contributed by atoms with Gasteiger partial charge in [0, 0.05) is 0 Å². The standard InChI is InChI=1S/C8H8OS/c1-6-9-7-4-2-3-5-8(7)10-6/h2-6H,1H3. The molecule has 0 amide bonds. The van der Waals surface area contributed by atoms with Gasteiger partial charge < -0.3 is 4.74 Å². The van der Waals surface area contributed by atoms with Crippen LogP contribution in [0.5, 0.6) is 5.75 Å². The number of hydrogen-bond donors (Lipinski definition) is 0. The normalized spacial score (nSPS) is 21.9. The Kier molecular flexibility index (Phi) is 1.34. The van der Waals surface area contributed by atoms with E-state index in [1.54, 1.807) is 11.8 Å². The minimum absolute atomic E-state index is 0.289. The fourth-order valence-corrected chi connectivity index (χ4v) is 1.93. The van der Waals surface area contributed by atoms with Crippen molar-refractivity contribution in [2.45, 2.75) is 17.3 Å². The van der Waals surface area contributed by atoms with Gasteiger partial charge in [0.1, 0.15) is 11.2 Å². The highest BCUT2D eigenvalue weighted by molar-refractivity contribution is 8.00. The molecule has 1 unspecified atom stereocenters. The van der Waals surface area contributed by atoms with E-state index in [2.05, 4.69) is 13.0 Å². The van der Waals surface area contributed by atoms with Crippen LogP contribution in [-0.2, 0) is 0 Å². The number of ether oxygens (including phenoxy) is 1. The molecule has 1 aromatic carbocycles. The average Bonchev–Trinajstić information content (AvgIpc) is 2.27. The van der Waals surface area contributed by atoms with E-state index >= 15 is 0 Å². The molecule has 0 fully saturated rings. The summed E-state index contributed by atoms with van der Waals surface area (Å²) in [5, 5.41) is 0. The van der Waals surface area contributed by atoms with Gasteiger partial charge in [-0.1, -0.05) is 23.9 Å². The van der Waals surface area contributed by atoms with Crippen molar-refractivity contribution >= 4 is 11.8 Å². The molecule has 1 heterocycles. The highest BCUT2D eigenvalue weighted by atomic mass is 32.2. The van der Waals surface area contributed by atoms with E-state index < -0.39 is 0 Å². The molecule has 1 aliphatic heterocycles. The molecular formula is C8H8OS. The lowest BCUT2D eigenvalue weighted by atomic mass is 10.3. The maximum absolute atomic E-state index is 5.47. The summed E-state index contributed by atoms with van der Waals surface area (Å²) >= 11 is 1.77. The zero-order valence-electron chi connectivity index (χ0n) is 5.70. The fourth-order valence-electron chi connectivity index (χ4n) is 1.03. The van der Waals surface area contributed by atoms with Gasteiger partial charge in [-0.2, -0.15) is 0 Å². The number of hydrogen-bond acceptors (Lipinski definition) is 2. The first kappa shape index (κ1) is 6.10. The molecular weight excluding hydrogens is 144 g/mol. The molecule has 0 saturated heterocycles. The fraction of sp³-hybridized carbons (Fsp3) is 0.250. The first-order chi connectivity index (χ1) is 4.86. The van der Waals surface area contributed by atoms with E-state index in [1.807, 2.05) is 18.2 Å². The van der Waals surface area contributed by atoms with Gasteiger partial charge in [0.2, 0.25) is 0 Å². The highest BCUT2D eigenvalue weighted by Gasteiger charge is 2.17. The molecule has 0 bridgehead atoms. The Balaban J connectivity index is 2.42. The van der Waals surface area contributed by atoms with Crippen molar-refractivity contribution in [2.75, 3.05) is 0 Å². The van der Waals surface area contributed by atoms with Crippen LogP contribution in [0.25, 0.3) is 0 Å². The van der Waals surface area contributed by atoms with Crippen molar-refractivity contribution in [3.8, 4) is 5.75 Å². The Labute approximate surface area is 64.4 Å². The van der Waals surface area contributed by atoms with Gasteiger partial charge >= 0.3 is 0 Å². The largest absolute Gasteiger partial charge is 0.479 e. The second kappa shape index (κ2) is 2.20. The molecule has 1 nitrogen and oxygen atoms in total. The Morgan fingerprint density at radius 3 is 3.00 bits per heavy atom. The van der Waals surface area contributed by atoms with Crippen molar-refractivity contribution < 1.29 is 4.74 Å². The molecule has 0 N–H and O–H groups in total. The summed E-state index contributed by atoms with van der Waals surface area (Å²) in [5.41, 5.74) is 0.289. The first-order valence-corrected chi connectivity index (χ1v) is 4.16. The molecule has 0 saturated carbocycles. The van der Waals surface area contributed by atoms with E-state index in [1.165, 1.54) is 4.90 Å². The van der Waals surface area contributed by atoms with Crippen LogP contribution in [0.2, 0.25) is 0 Å². The van der Waals surface area contributed by atoms with E-state index in [-0.39, 0.29) is 5.44 Å². The minimum atomic E-state index is 0.289. The second-order valence-electron chi connectivity index (χ2n) is 2.25. The van der Waals surface area contributed by atoms with Gasteiger partial charge in [0.05, 0.1) is 4.90 Å². The lowest BCUT2D eigenvalue weighted by molar-refractivity contribution is 0.314. The number of fused-ring (bicyclic) bond motifs is 1. The Morgan fingerprint density at radius 1 is 1.40 bits per heavy atom. The minimum Gasteiger partial charge on any atom is -0.479 e. The monoisotopic (exact) mass is 152 g/mol. The average molecular weight is 152 g/mol. The van der Waals surface area contributed by atoms with Crippen LogP contribution < -0.4 is 4.74 Å². The molecule has 1 atom stereocenters. The molecule has 0 spiro atoms. The zero-order chi connectivity index (χ0) is 6.97. The van der Waals surface area contributed by atoms with Gasteiger partial charge in [-0.15, -0.1) is 0 Å². The molecule has 1 aliphatic rings. The molecule has 0 radical (unpaired) electrons. The maximum Gasteiger partial charge on any atom is 0.146 e. The van der Waals surface area contributed by atoms with Gasteiger partial charge in [-0.3, -0.25) is 0 Å². The second-order valence-corrected chi connectivity index (χ2v) is 3.59. The Morgan fingerprint density at radius 2 is 2.20 bits per heavy atom. The maximum atomic E-state index is 5.47. The number of benzene rings is 1. The van der Waals surface area contributed by atoms with Crippen molar-refractivity contribution in [2.24, 2.45) is 0 Å². The van der Waals surface area contributed by atoms with Crippen LogP contribution in [0.4, 0.5) is 0 Å². The van der Waals surface area contributed by atoms with Gasteiger partial charge in [-0.25, -0.2) is 0 Å². The summed E-state index contributed by atoms with van der Waals surface area (Å²) in [6.07, 6.45) is 0. The van der Waals surface area contributed by atoms with E-state index in [0.717, 1.165) is 5.75 Å². The van der Waals surface area contributed by atoms with E-state index in [9.17, 15) is 0 Å². The third-order valence-electron chi connectivity index (χ3n) is 1.44. The lowest BCUT2D eigenvalue weighted by Crippen LogP contribution is -1.98. The molecule has 10 heavy (non-hydrogen) atoms. The van der Waals surface area contributed by atoms with E-state index in [4.69, 9.17) is 4.74 Å². The summed E-state index contributed by atoms with van der Waals surface area (Å²) in [6, 6.07) is 8.12. The SMILES string of the molecule is CC1Oc2ccccc2S1. The van der Waals surface area contributed by atoms with Crippen LogP contribution in [0, 0.1) is 0 Å². The molecule has 2 heteroatoms. The molecule has 52 valence electrons. The molecule has 0 aromatic heterocycles. The summed E-state index contributed by atoms with van der Waals surface area (Å²) < 4.78 is 5.47. The van der Waals surface area contributed by atoms with E-state index in [0.29, 0.717) is 0 Å². The molecule has 1 aromatic rings. The van der Waals surface area contributed by atoms with Crippen LogP contribution in [0.1, 0.15) is 6.92 Å². The first-order valence-electron chi connectivity index (χ1n) is 3.28. The summed E-state index contributed by atoms with van der Waals surface area (Å²) in [5.74, 6) is 1.03.